The fourth-order valence-electron chi connectivity index (χ4n) is 1.96. The van der Waals surface area contributed by atoms with Gasteiger partial charge in [-0.3, -0.25) is 4.79 Å². The number of ether oxygens (including phenoxy) is 1. The molecule has 1 unspecified atom stereocenters. The number of hydrogen-bond acceptors (Lipinski definition) is 4. The number of ketones is 1. The Labute approximate surface area is 122 Å². The number of nitrogens with two attached hydrogens (primary N) is 1. The van der Waals surface area contributed by atoms with E-state index in [4.69, 9.17) is 10.8 Å². The van der Waals surface area contributed by atoms with E-state index in [2.05, 4.69) is 4.74 Å². The molecule has 0 aliphatic heterocycles. The predicted octanol–water partition coefficient (Wildman–Crippen LogP) is 1.99. The quantitative estimate of drug-likeness (QED) is 0.822. The van der Waals surface area contributed by atoms with Crippen molar-refractivity contribution >= 4 is 11.9 Å². The standard InChI is InChI=1S/C16H15NO4/c17-16(20)21-14(10-18)15(19)13-8-6-12(7-9-13)11-4-2-1-3-5-11/h1-9,14,18H,10H2,(H2,17,20). The van der Waals surface area contributed by atoms with Crippen LogP contribution in [0.3, 0.4) is 0 Å². The lowest BCUT2D eigenvalue weighted by atomic mass is 10.0. The summed E-state index contributed by atoms with van der Waals surface area (Å²) in [7, 11) is 0. The number of rotatable bonds is 5. The molecule has 0 saturated carbocycles. The molecule has 2 rings (SSSR count). The minimum Gasteiger partial charge on any atom is -0.435 e. The van der Waals surface area contributed by atoms with Crippen LogP contribution in [0.1, 0.15) is 10.4 Å². The third-order valence-corrected chi connectivity index (χ3v) is 2.99. The van der Waals surface area contributed by atoms with Crippen molar-refractivity contribution in [3.05, 3.63) is 60.2 Å². The Kier molecular flexibility index (Phi) is 4.68. The van der Waals surface area contributed by atoms with Gasteiger partial charge in [-0.05, 0) is 11.1 Å². The van der Waals surface area contributed by atoms with E-state index in [1.165, 1.54) is 0 Å². The summed E-state index contributed by atoms with van der Waals surface area (Å²) in [5.41, 5.74) is 7.20. The normalized spacial score (nSPS) is 11.7. The van der Waals surface area contributed by atoms with Gasteiger partial charge in [-0.25, -0.2) is 4.79 Å². The number of amides is 1. The lowest BCUT2D eigenvalue weighted by Crippen LogP contribution is -2.33. The Morgan fingerprint density at radius 1 is 1.00 bits per heavy atom. The number of aliphatic hydroxyl groups is 1. The van der Waals surface area contributed by atoms with Crippen LogP contribution in [0.25, 0.3) is 11.1 Å². The van der Waals surface area contributed by atoms with Gasteiger partial charge in [0.2, 0.25) is 5.78 Å². The van der Waals surface area contributed by atoms with Crippen molar-refractivity contribution in [3.63, 3.8) is 0 Å². The SMILES string of the molecule is NC(=O)OC(CO)C(=O)c1ccc(-c2ccccc2)cc1. The molecule has 108 valence electrons. The van der Waals surface area contributed by atoms with Gasteiger partial charge in [0.1, 0.15) is 0 Å². The van der Waals surface area contributed by atoms with Gasteiger partial charge in [0, 0.05) is 5.56 Å². The first-order chi connectivity index (χ1) is 10.1. The number of carbonyl (C=O) groups is 2. The zero-order valence-electron chi connectivity index (χ0n) is 11.2. The minimum absolute atomic E-state index is 0.343. The highest BCUT2D eigenvalue weighted by Gasteiger charge is 2.22. The number of carbonyl (C=O) groups excluding carboxylic acids is 2. The summed E-state index contributed by atoms with van der Waals surface area (Å²) in [4.78, 5) is 22.7. The van der Waals surface area contributed by atoms with Crippen molar-refractivity contribution in [2.24, 2.45) is 5.73 Å². The van der Waals surface area contributed by atoms with Crippen LogP contribution < -0.4 is 5.73 Å². The fraction of sp³-hybridized carbons (Fsp3) is 0.125. The number of Topliss-reactive ketones (excluding diaryl/α,β-unsaturated/α-hetero) is 1. The molecule has 21 heavy (non-hydrogen) atoms. The molecule has 0 spiro atoms. The maximum Gasteiger partial charge on any atom is 0.405 e. The van der Waals surface area contributed by atoms with E-state index in [0.717, 1.165) is 11.1 Å². The molecule has 0 fully saturated rings. The molecular formula is C16H15NO4. The number of aliphatic hydroxyl groups excluding tert-OH is 1. The van der Waals surface area contributed by atoms with Crippen LogP contribution >= 0.6 is 0 Å². The highest BCUT2D eigenvalue weighted by Crippen LogP contribution is 2.20. The molecule has 2 aromatic carbocycles. The van der Waals surface area contributed by atoms with E-state index in [9.17, 15) is 9.59 Å². The lowest BCUT2D eigenvalue weighted by molar-refractivity contribution is 0.0475. The number of primary amides is 1. The topological polar surface area (TPSA) is 89.6 Å². The zero-order valence-corrected chi connectivity index (χ0v) is 11.2. The largest absolute Gasteiger partial charge is 0.435 e. The Bertz CT molecular complexity index is 622. The average Bonchev–Trinajstić information content (AvgIpc) is 2.53. The zero-order chi connectivity index (χ0) is 15.2. The van der Waals surface area contributed by atoms with Crippen LogP contribution in [-0.2, 0) is 4.74 Å². The smallest absolute Gasteiger partial charge is 0.405 e. The second-order valence-corrected chi connectivity index (χ2v) is 4.42. The molecule has 2 aromatic rings. The monoisotopic (exact) mass is 285 g/mol. The molecule has 1 amide bonds. The third-order valence-electron chi connectivity index (χ3n) is 2.99. The van der Waals surface area contributed by atoms with Crippen LogP contribution in [0.5, 0.6) is 0 Å². The Morgan fingerprint density at radius 2 is 1.57 bits per heavy atom. The average molecular weight is 285 g/mol. The summed E-state index contributed by atoms with van der Waals surface area (Å²) in [6, 6.07) is 16.5. The van der Waals surface area contributed by atoms with Crippen molar-refractivity contribution in [1.29, 1.82) is 0 Å². The van der Waals surface area contributed by atoms with Gasteiger partial charge in [-0.15, -0.1) is 0 Å². The maximum absolute atomic E-state index is 12.1. The molecule has 5 nitrogen and oxygen atoms in total. The second-order valence-electron chi connectivity index (χ2n) is 4.42. The summed E-state index contributed by atoms with van der Waals surface area (Å²) in [5, 5.41) is 9.09. The van der Waals surface area contributed by atoms with E-state index in [1.807, 2.05) is 30.3 Å². The Morgan fingerprint density at radius 3 is 2.10 bits per heavy atom. The molecule has 5 heteroatoms. The number of hydrogen-bond donors (Lipinski definition) is 2. The number of benzene rings is 2. The molecule has 1 atom stereocenters. The Balaban J connectivity index is 2.18. The minimum atomic E-state index is -1.27. The molecule has 0 aromatic heterocycles. The van der Waals surface area contributed by atoms with Gasteiger partial charge in [-0.1, -0.05) is 54.6 Å². The maximum atomic E-state index is 12.1. The lowest BCUT2D eigenvalue weighted by Gasteiger charge is -2.13. The van der Waals surface area contributed by atoms with Gasteiger partial charge < -0.3 is 15.6 Å². The summed E-state index contributed by atoms with van der Waals surface area (Å²) < 4.78 is 4.57. The molecule has 3 N–H and O–H groups in total. The van der Waals surface area contributed by atoms with Gasteiger partial charge in [0.05, 0.1) is 6.61 Å². The van der Waals surface area contributed by atoms with Crippen LogP contribution in [0, 0.1) is 0 Å². The Hall–Kier alpha value is -2.66. The molecule has 0 saturated heterocycles. The van der Waals surface area contributed by atoms with Crippen molar-refractivity contribution in [3.8, 4) is 11.1 Å². The van der Waals surface area contributed by atoms with Gasteiger partial charge in [-0.2, -0.15) is 0 Å². The summed E-state index contributed by atoms with van der Waals surface area (Å²) in [5.74, 6) is -0.490. The molecular weight excluding hydrogens is 270 g/mol. The van der Waals surface area contributed by atoms with E-state index >= 15 is 0 Å². The van der Waals surface area contributed by atoms with Crippen LogP contribution in [0.15, 0.2) is 54.6 Å². The first kappa shape index (κ1) is 14.7. The van der Waals surface area contributed by atoms with E-state index in [-0.39, 0.29) is 0 Å². The first-order valence-electron chi connectivity index (χ1n) is 6.38. The second kappa shape index (κ2) is 6.67. The molecule has 0 radical (unpaired) electrons. The van der Waals surface area contributed by atoms with Gasteiger partial charge >= 0.3 is 6.09 Å². The van der Waals surface area contributed by atoms with Gasteiger partial charge in [0.25, 0.3) is 0 Å². The van der Waals surface area contributed by atoms with Crippen LogP contribution in [-0.4, -0.2) is 29.7 Å². The van der Waals surface area contributed by atoms with E-state index in [1.54, 1.807) is 24.3 Å². The predicted molar refractivity (Wildman–Crippen MR) is 77.8 cm³/mol. The third kappa shape index (κ3) is 3.67. The summed E-state index contributed by atoms with van der Waals surface area (Å²) in [6.45, 7) is -0.609. The van der Waals surface area contributed by atoms with Crippen molar-refractivity contribution in [2.75, 3.05) is 6.61 Å². The summed E-state index contributed by atoms with van der Waals surface area (Å²) >= 11 is 0. The summed E-state index contributed by atoms with van der Waals surface area (Å²) in [6.07, 6.45) is -2.37. The van der Waals surface area contributed by atoms with Crippen molar-refractivity contribution < 1.29 is 19.4 Å². The fourth-order valence-corrected chi connectivity index (χ4v) is 1.96. The molecule has 0 aliphatic carbocycles. The highest BCUT2D eigenvalue weighted by molar-refractivity contribution is 6.00. The van der Waals surface area contributed by atoms with E-state index in [0.29, 0.717) is 5.56 Å². The van der Waals surface area contributed by atoms with Gasteiger partial charge in [0.15, 0.2) is 6.10 Å². The van der Waals surface area contributed by atoms with Crippen LogP contribution in [0.4, 0.5) is 4.79 Å². The van der Waals surface area contributed by atoms with E-state index < -0.39 is 24.6 Å². The molecule has 0 aliphatic rings. The first-order valence-corrected chi connectivity index (χ1v) is 6.38. The molecule has 0 bridgehead atoms. The van der Waals surface area contributed by atoms with Crippen LogP contribution in [0.2, 0.25) is 0 Å². The van der Waals surface area contributed by atoms with Crippen molar-refractivity contribution in [1.82, 2.24) is 0 Å². The molecule has 0 heterocycles. The highest BCUT2D eigenvalue weighted by atomic mass is 16.6. The van der Waals surface area contributed by atoms with Crippen molar-refractivity contribution in [2.45, 2.75) is 6.10 Å².